The second-order valence-corrected chi connectivity index (χ2v) is 6.81. The number of likely N-dealkylation sites (tertiary alicyclic amines) is 1. The highest BCUT2D eigenvalue weighted by Crippen LogP contribution is 2.24. The molecule has 132 valence electrons. The van der Waals surface area contributed by atoms with Gasteiger partial charge in [-0.15, -0.1) is 0 Å². The van der Waals surface area contributed by atoms with Crippen molar-refractivity contribution in [1.82, 2.24) is 15.2 Å². The summed E-state index contributed by atoms with van der Waals surface area (Å²) in [6.45, 7) is 4.15. The molecule has 0 saturated carbocycles. The monoisotopic (exact) mass is 339 g/mol. The summed E-state index contributed by atoms with van der Waals surface area (Å²) in [6, 6.07) is 12.0. The highest BCUT2D eigenvalue weighted by molar-refractivity contribution is 5.86. The van der Waals surface area contributed by atoms with Crippen molar-refractivity contribution in [2.75, 3.05) is 13.1 Å². The molecule has 3 rings (SSSR count). The Morgan fingerprint density at radius 3 is 2.80 bits per heavy atom. The zero-order chi connectivity index (χ0) is 17.7. The number of hydrogen-bond acceptors (Lipinski definition) is 4. The number of carbonyl (C=O) groups excluding carboxylic acids is 1. The predicted octanol–water partition coefficient (Wildman–Crippen LogP) is 2.03. The fourth-order valence-electron chi connectivity index (χ4n) is 3.33. The van der Waals surface area contributed by atoms with Crippen LogP contribution in [0.5, 0.6) is 0 Å². The number of hydrogen-bond donors (Lipinski definition) is 2. The van der Waals surface area contributed by atoms with Crippen molar-refractivity contribution in [3.05, 3.63) is 65.5 Å². The Balaban J connectivity index is 1.60. The third kappa shape index (κ3) is 4.44. The van der Waals surface area contributed by atoms with Crippen molar-refractivity contribution in [2.45, 2.75) is 38.5 Å². The highest BCUT2D eigenvalue weighted by atomic mass is 16.3. The summed E-state index contributed by atoms with van der Waals surface area (Å²) in [4.78, 5) is 18.6. The number of aromatic nitrogens is 1. The molecule has 5 heteroatoms. The average molecular weight is 339 g/mol. The first-order valence-electron chi connectivity index (χ1n) is 8.74. The standard InChI is InChI=1S/C20H25N3O2/c1-16-4-2-5-18(12-16)14-23-11-3-8-20(25,19(23)24)15-22-13-17-6-9-21-10-7-17/h2,4-7,9-10,12,22,25H,3,8,11,13-15H2,1H3. The Hall–Kier alpha value is -2.24. The lowest BCUT2D eigenvalue weighted by atomic mass is 9.91. The van der Waals surface area contributed by atoms with Gasteiger partial charge in [0.25, 0.3) is 5.91 Å². The first kappa shape index (κ1) is 17.6. The van der Waals surface area contributed by atoms with E-state index in [1.54, 1.807) is 17.3 Å². The molecule has 0 spiro atoms. The Morgan fingerprint density at radius 1 is 1.24 bits per heavy atom. The number of benzene rings is 1. The molecule has 1 unspecified atom stereocenters. The maximum atomic E-state index is 12.8. The molecule has 1 amide bonds. The lowest BCUT2D eigenvalue weighted by molar-refractivity contribution is -0.157. The molecule has 1 fully saturated rings. The molecule has 2 aromatic rings. The van der Waals surface area contributed by atoms with E-state index in [2.05, 4.69) is 16.4 Å². The number of piperidine rings is 1. The number of amides is 1. The smallest absolute Gasteiger partial charge is 0.256 e. The van der Waals surface area contributed by atoms with E-state index in [4.69, 9.17) is 0 Å². The summed E-state index contributed by atoms with van der Waals surface area (Å²) in [5.74, 6) is -0.178. The fraction of sp³-hybridized carbons (Fsp3) is 0.400. The van der Waals surface area contributed by atoms with Gasteiger partial charge in [-0.25, -0.2) is 0 Å². The summed E-state index contributed by atoms with van der Waals surface area (Å²) in [6.07, 6.45) is 4.78. The van der Waals surface area contributed by atoms with Crippen LogP contribution in [-0.2, 0) is 17.9 Å². The van der Waals surface area contributed by atoms with E-state index in [0.717, 1.165) is 17.5 Å². The van der Waals surface area contributed by atoms with Gasteiger partial charge in [-0.3, -0.25) is 9.78 Å². The van der Waals surface area contributed by atoms with E-state index in [9.17, 15) is 9.90 Å². The van der Waals surface area contributed by atoms with Crippen LogP contribution in [0.1, 0.15) is 29.5 Å². The quantitative estimate of drug-likeness (QED) is 0.845. The number of aryl methyl sites for hydroxylation is 1. The summed E-state index contributed by atoms with van der Waals surface area (Å²) >= 11 is 0. The maximum Gasteiger partial charge on any atom is 0.256 e. The van der Waals surface area contributed by atoms with Gasteiger partial charge in [-0.2, -0.15) is 0 Å². The molecule has 2 heterocycles. The van der Waals surface area contributed by atoms with Gasteiger partial charge < -0.3 is 15.3 Å². The van der Waals surface area contributed by atoms with E-state index in [1.165, 1.54) is 5.56 Å². The van der Waals surface area contributed by atoms with Gasteiger partial charge in [0.2, 0.25) is 0 Å². The van der Waals surface area contributed by atoms with Gasteiger partial charge in [0.15, 0.2) is 5.60 Å². The Labute approximate surface area is 148 Å². The van der Waals surface area contributed by atoms with Crippen molar-refractivity contribution < 1.29 is 9.90 Å². The summed E-state index contributed by atoms with van der Waals surface area (Å²) < 4.78 is 0. The first-order valence-corrected chi connectivity index (χ1v) is 8.74. The number of carbonyl (C=O) groups is 1. The topological polar surface area (TPSA) is 65.5 Å². The largest absolute Gasteiger partial charge is 0.379 e. The molecule has 1 aromatic heterocycles. The van der Waals surface area contributed by atoms with E-state index in [0.29, 0.717) is 26.1 Å². The Bertz CT molecular complexity index is 720. The second kappa shape index (κ2) is 7.76. The van der Waals surface area contributed by atoms with Gasteiger partial charge in [0, 0.05) is 38.6 Å². The second-order valence-electron chi connectivity index (χ2n) is 6.81. The van der Waals surface area contributed by atoms with Gasteiger partial charge in [0.05, 0.1) is 0 Å². The molecule has 0 bridgehead atoms. The van der Waals surface area contributed by atoms with Crippen LogP contribution in [0.4, 0.5) is 0 Å². The molecule has 1 saturated heterocycles. The molecule has 1 aliphatic heterocycles. The van der Waals surface area contributed by atoms with Crippen molar-refractivity contribution in [2.24, 2.45) is 0 Å². The number of pyridine rings is 1. The third-order valence-corrected chi connectivity index (χ3v) is 4.66. The predicted molar refractivity (Wildman–Crippen MR) is 96.7 cm³/mol. The van der Waals surface area contributed by atoms with Gasteiger partial charge in [-0.1, -0.05) is 29.8 Å². The van der Waals surface area contributed by atoms with Crippen molar-refractivity contribution in [3.63, 3.8) is 0 Å². The van der Waals surface area contributed by atoms with Gasteiger partial charge in [-0.05, 0) is 43.0 Å². The van der Waals surface area contributed by atoms with Crippen LogP contribution in [0.15, 0.2) is 48.8 Å². The third-order valence-electron chi connectivity index (χ3n) is 4.66. The number of nitrogens with zero attached hydrogens (tertiary/aromatic N) is 2. The van der Waals surface area contributed by atoms with Crippen LogP contribution in [0.25, 0.3) is 0 Å². The van der Waals surface area contributed by atoms with E-state index in [1.807, 2.05) is 37.3 Å². The van der Waals surface area contributed by atoms with Crippen LogP contribution < -0.4 is 5.32 Å². The van der Waals surface area contributed by atoms with Crippen LogP contribution in [0, 0.1) is 6.92 Å². The zero-order valence-corrected chi connectivity index (χ0v) is 14.6. The van der Waals surface area contributed by atoms with E-state index in [-0.39, 0.29) is 12.5 Å². The number of aliphatic hydroxyl groups is 1. The molecule has 1 aromatic carbocycles. The maximum absolute atomic E-state index is 12.8. The van der Waals surface area contributed by atoms with Crippen molar-refractivity contribution >= 4 is 5.91 Å². The summed E-state index contributed by atoms with van der Waals surface area (Å²) in [5, 5.41) is 14.1. The van der Waals surface area contributed by atoms with Gasteiger partial charge >= 0.3 is 0 Å². The molecule has 25 heavy (non-hydrogen) atoms. The molecule has 1 aliphatic rings. The molecular weight excluding hydrogens is 314 g/mol. The van der Waals surface area contributed by atoms with Crippen LogP contribution in [0.2, 0.25) is 0 Å². The molecule has 0 radical (unpaired) electrons. The van der Waals surface area contributed by atoms with Crippen molar-refractivity contribution in [1.29, 1.82) is 0 Å². The number of rotatable bonds is 6. The first-order chi connectivity index (χ1) is 12.1. The molecule has 1 atom stereocenters. The minimum Gasteiger partial charge on any atom is -0.379 e. The zero-order valence-electron chi connectivity index (χ0n) is 14.6. The summed E-state index contributed by atoms with van der Waals surface area (Å²) in [7, 11) is 0. The Morgan fingerprint density at radius 2 is 2.04 bits per heavy atom. The lowest BCUT2D eigenvalue weighted by Crippen LogP contribution is -2.57. The SMILES string of the molecule is Cc1cccc(CN2CCCC(O)(CNCc3ccncc3)C2=O)c1. The van der Waals surface area contributed by atoms with Crippen LogP contribution in [-0.4, -0.2) is 39.6 Å². The summed E-state index contributed by atoms with van der Waals surface area (Å²) in [5.41, 5.74) is 2.03. The van der Waals surface area contributed by atoms with Crippen LogP contribution >= 0.6 is 0 Å². The Kier molecular flexibility index (Phi) is 5.46. The van der Waals surface area contributed by atoms with E-state index < -0.39 is 5.60 Å². The molecule has 2 N–H and O–H groups in total. The highest BCUT2D eigenvalue weighted by Gasteiger charge is 2.41. The van der Waals surface area contributed by atoms with Gasteiger partial charge in [0.1, 0.15) is 0 Å². The normalized spacial score (nSPS) is 20.7. The van der Waals surface area contributed by atoms with Crippen molar-refractivity contribution in [3.8, 4) is 0 Å². The van der Waals surface area contributed by atoms with E-state index >= 15 is 0 Å². The molecule has 0 aliphatic carbocycles. The molecular formula is C20H25N3O2. The lowest BCUT2D eigenvalue weighted by Gasteiger charge is -2.38. The minimum atomic E-state index is -1.32. The molecule has 5 nitrogen and oxygen atoms in total. The minimum absolute atomic E-state index is 0.178. The van der Waals surface area contributed by atoms with Crippen LogP contribution in [0.3, 0.4) is 0 Å². The fourth-order valence-corrected chi connectivity index (χ4v) is 3.33. The number of nitrogens with one attached hydrogen (secondary N) is 1. The average Bonchev–Trinajstić information content (AvgIpc) is 2.60.